The van der Waals surface area contributed by atoms with E-state index in [1.165, 1.54) is 24.3 Å². The Morgan fingerprint density at radius 3 is 2.21 bits per heavy atom. The fourth-order valence-corrected chi connectivity index (χ4v) is 2.77. The summed E-state index contributed by atoms with van der Waals surface area (Å²) in [5.74, 6) is -1.05. The minimum absolute atomic E-state index is 0.135. The molecule has 0 aromatic heterocycles. The van der Waals surface area contributed by atoms with E-state index in [2.05, 4.69) is 31.9 Å². The van der Waals surface area contributed by atoms with Gasteiger partial charge >= 0.3 is 0 Å². The van der Waals surface area contributed by atoms with E-state index in [4.69, 9.17) is 23.2 Å². The first-order valence-electron chi connectivity index (χ1n) is 5.13. The number of hydrogen-bond donors (Lipinski definition) is 0. The summed E-state index contributed by atoms with van der Waals surface area (Å²) in [5.41, 5.74) is 0.332. The average molecular weight is 431 g/mol. The van der Waals surface area contributed by atoms with Gasteiger partial charge in [-0.25, -0.2) is 8.78 Å². The van der Waals surface area contributed by atoms with Crippen LogP contribution in [0.3, 0.4) is 0 Å². The highest BCUT2D eigenvalue weighted by molar-refractivity contribution is 9.10. The van der Waals surface area contributed by atoms with E-state index in [0.29, 0.717) is 14.0 Å². The van der Waals surface area contributed by atoms with Crippen LogP contribution >= 0.6 is 55.1 Å². The SMILES string of the molecule is Fc1cc(Br)ccc1C(Cl)c1cc(Cl)c(Br)cc1F. The third kappa shape index (κ3) is 3.30. The van der Waals surface area contributed by atoms with Crippen molar-refractivity contribution in [1.82, 2.24) is 0 Å². The monoisotopic (exact) mass is 428 g/mol. The number of rotatable bonds is 2. The molecule has 0 aliphatic carbocycles. The van der Waals surface area contributed by atoms with Crippen LogP contribution in [0, 0.1) is 11.6 Å². The summed E-state index contributed by atoms with van der Waals surface area (Å²) in [6.45, 7) is 0. The minimum Gasteiger partial charge on any atom is -0.207 e. The summed E-state index contributed by atoms with van der Waals surface area (Å²) >= 11 is 18.3. The second-order valence-corrected chi connectivity index (χ2v) is 6.43. The zero-order chi connectivity index (χ0) is 14.2. The molecule has 0 fully saturated rings. The number of halogens is 6. The van der Waals surface area contributed by atoms with Gasteiger partial charge in [0.15, 0.2) is 0 Å². The van der Waals surface area contributed by atoms with E-state index in [-0.39, 0.29) is 11.1 Å². The summed E-state index contributed by atoms with van der Waals surface area (Å²) < 4.78 is 28.7. The number of benzene rings is 2. The lowest BCUT2D eigenvalue weighted by Gasteiger charge is -2.13. The fraction of sp³-hybridized carbons (Fsp3) is 0.0769. The first-order valence-corrected chi connectivity index (χ1v) is 7.53. The Hall–Kier alpha value is -0.160. The van der Waals surface area contributed by atoms with Crippen molar-refractivity contribution >= 4 is 55.1 Å². The molecule has 6 heteroatoms. The molecule has 2 rings (SSSR count). The van der Waals surface area contributed by atoms with Crippen molar-refractivity contribution in [1.29, 1.82) is 0 Å². The predicted molar refractivity (Wildman–Crippen MR) is 80.9 cm³/mol. The van der Waals surface area contributed by atoms with E-state index < -0.39 is 17.0 Å². The van der Waals surface area contributed by atoms with E-state index in [1.807, 2.05) is 0 Å². The van der Waals surface area contributed by atoms with Crippen LogP contribution in [0.15, 0.2) is 39.3 Å². The third-order valence-electron chi connectivity index (χ3n) is 2.55. The van der Waals surface area contributed by atoms with Crippen LogP contribution in [0.1, 0.15) is 16.5 Å². The standard InChI is InChI=1S/C13H6Br2Cl2F2/c14-6-1-2-7(11(18)3-6)13(17)8-4-10(16)9(15)5-12(8)19/h1-5,13H. The number of hydrogen-bond acceptors (Lipinski definition) is 0. The molecule has 0 amide bonds. The molecule has 0 nitrogen and oxygen atoms in total. The third-order valence-corrected chi connectivity index (χ3v) is 4.71. The summed E-state index contributed by atoms with van der Waals surface area (Å²) in [7, 11) is 0. The van der Waals surface area contributed by atoms with Gasteiger partial charge in [0.25, 0.3) is 0 Å². The van der Waals surface area contributed by atoms with Crippen molar-refractivity contribution < 1.29 is 8.78 Å². The Labute approximate surface area is 136 Å². The minimum atomic E-state index is -0.946. The molecule has 0 saturated carbocycles. The van der Waals surface area contributed by atoms with Gasteiger partial charge in [0.1, 0.15) is 11.6 Å². The van der Waals surface area contributed by atoms with Gasteiger partial charge in [-0.15, -0.1) is 11.6 Å². The Balaban J connectivity index is 2.49. The van der Waals surface area contributed by atoms with Gasteiger partial charge in [0.05, 0.1) is 10.4 Å². The van der Waals surface area contributed by atoms with Crippen LogP contribution in [0.4, 0.5) is 8.78 Å². The van der Waals surface area contributed by atoms with Gasteiger partial charge in [0.2, 0.25) is 0 Å². The maximum absolute atomic E-state index is 13.9. The van der Waals surface area contributed by atoms with Gasteiger partial charge in [0, 0.05) is 20.1 Å². The highest BCUT2D eigenvalue weighted by Gasteiger charge is 2.20. The Kier molecular flexibility index (Phi) is 4.88. The van der Waals surface area contributed by atoms with Gasteiger partial charge in [-0.1, -0.05) is 33.6 Å². The van der Waals surface area contributed by atoms with Crippen LogP contribution in [0.2, 0.25) is 5.02 Å². The van der Waals surface area contributed by atoms with Crippen LogP contribution in [-0.4, -0.2) is 0 Å². The van der Waals surface area contributed by atoms with E-state index in [9.17, 15) is 8.78 Å². The first kappa shape index (κ1) is 15.2. The smallest absolute Gasteiger partial charge is 0.129 e. The molecule has 0 bridgehead atoms. The van der Waals surface area contributed by atoms with Crippen LogP contribution in [-0.2, 0) is 0 Å². The lowest BCUT2D eigenvalue weighted by Crippen LogP contribution is -2.00. The fourth-order valence-electron chi connectivity index (χ4n) is 1.61. The highest BCUT2D eigenvalue weighted by Crippen LogP contribution is 2.36. The zero-order valence-corrected chi connectivity index (χ0v) is 13.9. The van der Waals surface area contributed by atoms with Gasteiger partial charge in [-0.05, 0) is 40.2 Å². The molecule has 0 aliphatic heterocycles. The molecule has 19 heavy (non-hydrogen) atoms. The maximum Gasteiger partial charge on any atom is 0.129 e. The van der Waals surface area contributed by atoms with Gasteiger partial charge in [-0.2, -0.15) is 0 Å². The molecule has 1 unspecified atom stereocenters. The predicted octanol–water partition coefficient (Wildman–Crippen LogP) is 6.47. The molecule has 100 valence electrons. The summed E-state index contributed by atoms with van der Waals surface area (Å²) in [4.78, 5) is 0. The largest absolute Gasteiger partial charge is 0.207 e. The molecule has 0 spiro atoms. The van der Waals surface area contributed by atoms with Crippen LogP contribution in [0.5, 0.6) is 0 Å². The first-order chi connectivity index (χ1) is 8.90. The quantitative estimate of drug-likeness (QED) is 0.378. The van der Waals surface area contributed by atoms with Crippen LogP contribution < -0.4 is 0 Å². The second kappa shape index (κ2) is 6.08. The molecule has 0 aliphatic rings. The lowest BCUT2D eigenvalue weighted by atomic mass is 10.0. The molecule has 0 heterocycles. The van der Waals surface area contributed by atoms with Gasteiger partial charge < -0.3 is 0 Å². The van der Waals surface area contributed by atoms with Crippen molar-refractivity contribution in [3.63, 3.8) is 0 Å². The average Bonchev–Trinajstić information content (AvgIpc) is 2.33. The zero-order valence-electron chi connectivity index (χ0n) is 9.23. The molecular formula is C13H6Br2Cl2F2. The molecule has 0 radical (unpaired) electrons. The normalized spacial score (nSPS) is 12.5. The van der Waals surface area contributed by atoms with Crippen LogP contribution in [0.25, 0.3) is 0 Å². The molecule has 0 saturated heterocycles. The summed E-state index contributed by atoms with van der Waals surface area (Å²) in [5, 5.41) is -0.627. The Bertz CT molecular complexity index is 632. The molecular weight excluding hydrogens is 425 g/mol. The maximum atomic E-state index is 13.9. The lowest BCUT2D eigenvalue weighted by molar-refractivity contribution is 0.595. The van der Waals surface area contributed by atoms with E-state index >= 15 is 0 Å². The van der Waals surface area contributed by atoms with Crippen molar-refractivity contribution in [2.45, 2.75) is 5.38 Å². The number of alkyl halides is 1. The molecule has 2 aromatic carbocycles. The molecule has 2 aromatic rings. The van der Waals surface area contributed by atoms with Crippen molar-refractivity contribution in [3.05, 3.63) is 67.1 Å². The van der Waals surface area contributed by atoms with Crippen molar-refractivity contribution in [2.75, 3.05) is 0 Å². The van der Waals surface area contributed by atoms with Crippen molar-refractivity contribution in [2.24, 2.45) is 0 Å². The van der Waals surface area contributed by atoms with E-state index in [1.54, 1.807) is 6.07 Å². The van der Waals surface area contributed by atoms with Crippen molar-refractivity contribution in [3.8, 4) is 0 Å². The Morgan fingerprint density at radius 2 is 1.58 bits per heavy atom. The summed E-state index contributed by atoms with van der Waals surface area (Å²) in [6, 6.07) is 7.03. The Morgan fingerprint density at radius 1 is 0.947 bits per heavy atom. The highest BCUT2D eigenvalue weighted by atomic mass is 79.9. The second-order valence-electron chi connectivity index (χ2n) is 3.82. The summed E-state index contributed by atoms with van der Waals surface area (Å²) in [6.07, 6.45) is 0. The topological polar surface area (TPSA) is 0 Å². The molecule has 0 N–H and O–H groups in total. The van der Waals surface area contributed by atoms with Gasteiger partial charge in [-0.3, -0.25) is 0 Å². The molecule has 1 atom stereocenters. The van der Waals surface area contributed by atoms with E-state index in [0.717, 1.165) is 0 Å².